The molecule has 0 spiro atoms. The lowest BCUT2D eigenvalue weighted by molar-refractivity contribution is -0.251. The van der Waals surface area contributed by atoms with Gasteiger partial charge in [0.15, 0.2) is 24.6 Å². The van der Waals surface area contributed by atoms with E-state index in [4.69, 9.17) is 51.1 Å². The van der Waals surface area contributed by atoms with Crippen molar-refractivity contribution in [3.8, 4) is 0 Å². The zero-order valence-electron chi connectivity index (χ0n) is 32.1. The van der Waals surface area contributed by atoms with Crippen molar-refractivity contribution in [2.45, 2.75) is 108 Å². The fourth-order valence-corrected chi connectivity index (χ4v) is 7.77. The van der Waals surface area contributed by atoms with Gasteiger partial charge in [0, 0.05) is 69.0 Å². The number of aliphatic hydroxyl groups excluding tert-OH is 1. The van der Waals surface area contributed by atoms with Crippen molar-refractivity contribution in [2.75, 3.05) is 18.1 Å². The minimum absolute atomic E-state index is 0.0188. The molecule has 4 N–H and O–H groups in total. The second kappa shape index (κ2) is 20.7. The van der Waals surface area contributed by atoms with E-state index >= 15 is 0 Å². The summed E-state index contributed by atoms with van der Waals surface area (Å²) in [5.41, 5.74) is 10.4. The smallest absolute Gasteiger partial charge is 0.303 e. The Balaban J connectivity index is 1.26. The number of nitrogens with one attached hydrogen (secondary N) is 1. The Hall–Kier alpha value is -4.58. The fourth-order valence-electron chi connectivity index (χ4n) is 6.55. The molecule has 2 aliphatic heterocycles. The zero-order chi connectivity index (χ0) is 41.1. The topological polar surface area (TPSA) is 191 Å². The second-order valence-electron chi connectivity index (χ2n) is 13.7. The highest BCUT2D eigenvalue weighted by Crippen LogP contribution is 2.40. The summed E-state index contributed by atoms with van der Waals surface area (Å²) in [6, 6.07) is 23.2. The summed E-state index contributed by atoms with van der Waals surface area (Å²) < 4.78 is 40.9. The Morgan fingerprint density at radius 2 is 1.37 bits per heavy atom. The number of rotatable bonds is 15. The van der Waals surface area contributed by atoms with Gasteiger partial charge in [-0.05, 0) is 28.8 Å². The maximum absolute atomic E-state index is 12.2. The van der Waals surface area contributed by atoms with Crippen molar-refractivity contribution in [2.24, 2.45) is 0 Å². The first-order valence-electron chi connectivity index (χ1n) is 18.4. The van der Waals surface area contributed by atoms with Gasteiger partial charge in [0.1, 0.15) is 18.8 Å². The molecule has 0 amide bonds. The third-order valence-electron chi connectivity index (χ3n) is 9.17. The van der Waals surface area contributed by atoms with Gasteiger partial charge in [-0.2, -0.15) is 0 Å². The maximum atomic E-state index is 12.2. The highest BCUT2D eigenvalue weighted by atomic mass is 32.2. The molecule has 3 aromatic rings. The molecule has 14 nitrogen and oxygen atoms in total. The average molecular weight is 825 g/mol. The first-order valence-corrected chi connectivity index (χ1v) is 19.8. The van der Waals surface area contributed by atoms with Gasteiger partial charge in [-0.3, -0.25) is 19.2 Å². The Morgan fingerprint density at radius 1 is 0.772 bits per heavy atom. The quantitative estimate of drug-likeness (QED) is 0.0607. The molecule has 16 heteroatoms. The van der Waals surface area contributed by atoms with E-state index in [1.54, 1.807) is 11.8 Å². The third kappa shape index (κ3) is 12.7. The first-order chi connectivity index (χ1) is 27.3. The molecule has 3 aromatic carbocycles. The highest BCUT2D eigenvalue weighted by Gasteiger charge is 2.52. The van der Waals surface area contributed by atoms with Gasteiger partial charge < -0.3 is 49.3 Å². The SMILES string of the molecule is CC(=O)OCC1OC(CC(=S)NCc2ccc(C3OC(CSc4ccccc4N)CC(c4ccc(CO)cc4)O3)cc2)C(OC(C)=O)C(OC(C)=O)C1OC(C)=O. The van der Waals surface area contributed by atoms with E-state index in [0.717, 1.165) is 34.1 Å². The van der Waals surface area contributed by atoms with E-state index in [1.807, 2.05) is 72.8 Å². The minimum atomic E-state index is -1.27. The number of aliphatic hydroxyl groups is 1. The van der Waals surface area contributed by atoms with E-state index < -0.39 is 60.7 Å². The predicted molar refractivity (Wildman–Crippen MR) is 212 cm³/mol. The van der Waals surface area contributed by atoms with E-state index in [0.29, 0.717) is 29.4 Å². The van der Waals surface area contributed by atoms with Gasteiger partial charge >= 0.3 is 23.9 Å². The molecular weight excluding hydrogens is 777 g/mol. The number of ether oxygens (including phenoxy) is 7. The lowest BCUT2D eigenvalue weighted by Gasteiger charge is -2.44. The van der Waals surface area contributed by atoms with Crippen LogP contribution in [0.4, 0.5) is 5.69 Å². The third-order valence-corrected chi connectivity index (χ3v) is 10.7. The van der Waals surface area contributed by atoms with Crippen LogP contribution in [0.1, 0.15) is 75.2 Å². The van der Waals surface area contributed by atoms with Crippen molar-refractivity contribution >= 4 is 58.5 Å². The van der Waals surface area contributed by atoms with Crippen LogP contribution in [0.2, 0.25) is 0 Å². The molecule has 0 bridgehead atoms. The van der Waals surface area contributed by atoms with Gasteiger partial charge in [0.2, 0.25) is 0 Å². The summed E-state index contributed by atoms with van der Waals surface area (Å²) in [4.78, 5) is 49.4. The number of anilines is 1. The largest absolute Gasteiger partial charge is 0.463 e. The van der Waals surface area contributed by atoms with E-state index in [1.165, 1.54) is 20.8 Å². The Bertz CT molecular complexity index is 1860. The molecule has 8 unspecified atom stereocenters. The van der Waals surface area contributed by atoms with Crippen LogP contribution in [0.3, 0.4) is 0 Å². The molecule has 2 heterocycles. The van der Waals surface area contributed by atoms with Crippen LogP contribution < -0.4 is 11.1 Å². The number of hydrogen-bond acceptors (Lipinski definition) is 15. The van der Waals surface area contributed by atoms with Crippen molar-refractivity contribution in [3.05, 3.63) is 95.1 Å². The van der Waals surface area contributed by atoms with Crippen LogP contribution in [0.15, 0.2) is 77.7 Å². The summed E-state index contributed by atoms with van der Waals surface area (Å²) in [6.07, 6.45) is -6.15. The maximum Gasteiger partial charge on any atom is 0.303 e. The lowest BCUT2D eigenvalue weighted by Crippen LogP contribution is -2.62. The first kappa shape index (κ1) is 43.5. The number of thiocarbonyl (C=S) groups is 1. The monoisotopic (exact) mass is 824 g/mol. The molecule has 8 atom stereocenters. The molecule has 0 radical (unpaired) electrons. The molecule has 57 heavy (non-hydrogen) atoms. The van der Waals surface area contributed by atoms with Gasteiger partial charge in [0.05, 0.1) is 23.8 Å². The normalized spacial score (nSPS) is 24.4. The molecular formula is C41H48N2O12S2. The molecule has 0 saturated carbocycles. The number of thioether (sulfide) groups is 1. The Labute approximate surface area is 341 Å². The van der Waals surface area contributed by atoms with Crippen LogP contribution in [0.25, 0.3) is 0 Å². The van der Waals surface area contributed by atoms with Crippen LogP contribution in [0, 0.1) is 0 Å². The summed E-state index contributed by atoms with van der Waals surface area (Å²) in [6.45, 7) is 4.69. The number of nitrogen functional groups attached to an aromatic ring is 1. The summed E-state index contributed by atoms with van der Waals surface area (Å²) >= 11 is 7.32. The molecule has 5 rings (SSSR count). The Morgan fingerprint density at radius 3 is 1.98 bits per heavy atom. The number of carbonyl (C=O) groups is 4. The number of nitrogens with two attached hydrogens (primary N) is 1. The van der Waals surface area contributed by atoms with Crippen LogP contribution in [0.5, 0.6) is 0 Å². The molecule has 0 aromatic heterocycles. The lowest BCUT2D eigenvalue weighted by atomic mass is 9.92. The van der Waals surface area contributed by atoms with Crippen LogP contribution in [-0.2, 0) is 65.5 Å². The fraction of sp³-hybridized carbons (Fsp3) is 0.439. The summed E-state index contributed by atoms with van der Waals surface area (Å²) in [5.74, 6) is -2.05. The van der Waals surface area contributed by atoms with E-state index in [-0.39, 0.29) is 31.8 Å². The highest BCUT2D eigenvalue weighted by molar-refractivity contribution is 7.99. The zero-order valence-corrected chi connectivity index (χ0v) is 33.8. The van der Waals surface area contributed by atoms with Gasteiger partial charge in [0.25, 0.3) is 0 Å². The van der Waals surface area contributed by atoms with Crippen molar-refractivity contribution in [1.82, 2.24) is 5.32 Å². The van der Waals surface area contributed by atoms with Crippen LogP contribution >= 0.6 is 24.0 Å². The number of benzene rings is 3. The molecule has 2 saturated heterocycles. The minimum Gasteiger partial charge on any atom is -0.463 e. The van der Waals surface area contributed by atoms with Crippen molar-refractivity contribution < 1.29 is 57.4 Å². The average Bonchev–Trinajstić information content (AvgIpc) is 3.18. The standard InChI is InChI=1S/C41H48N2O12S2/c1-23(45)49-21-35-39(51-25(3)47)40(52-26(4)48)38(50-24(2)46)34(54-35)18-37(56)43-19-27-9-15-30(16-10-27)41-53-31(22-57-36-8-6-5-7-32(36)42)17-33(55-41)29-13-11-28(20-44)12-14-29/h5-16,31,33-35,38-41,44H,17-22,42H2,1-4H3,(H,43,56). The predicted octanol–water partition coefficient (Wildman–Crippen LogP) is 5.03. The second-order valence-corrected chi connectivity index (χ2v) is 15.2. The van der Waals surface area contributed by atoms with E-state index in [9.17, 15) is 24.3 Å². The van der Waals surface area contributed by atoms with Gasteiger partial charge in [-0.15, -0.1) is 11.8 Å². The van der Waals surface area contributed by atoms with Crippen molar-refractivity contribution in [1.29, 1.82) is 0 Å². The number of carbonyl (C=O) groups excluding carboxylic acids is 4. The van der Waals surface area contributed by atoms with Gasteiger partial charge in [-0.25, -0.2) is 0 Å². The summed E-state index contributed by atoms with van der Waals surface area (Å²) in [5, 5.41) is 12.8. The summed E-state index contributed by atoms with van der Waals surface area (Å²) in [7, 11) is 0. The Kier molecular flexibility index (Phi) is 15.8. The number of hydrogen-bond donors (Lipinski definition) is 3. The number of esters is 4. The molecule has 2 fully saturated rings. The number of para-hydroxylation sites is 1. The van der Waals surface area contributed by atoms with Gasteiger partial charge in [-0.1, -0.05) is 72.9 Å². The van der Waals surface area contributed by atoms with Crippen LogP contribution in [-0.4, -0.2) is 83.0 Å². The molecule has 0 aliphatic carbocycles. The van der Waals surface area contributed by atoms with Crippen molar-refractivity contribution in [3.63, 3.8) is 0 Å². The van der Waals surface area contributed by atoms with E-state index in [2.05, 4.69) is 5.32 Å². The molecule has 306 valence electrons. The molecule has 2 aliphatic rings.